The van der Waals surface area contributed by atoms with Crippen molar-refractivity contribution < 1.29 is 22.4 Å². The van der Waals surface area contributed by atoms with E-state index in [1.165, 1.54) is 6.07 Å². The molecule has 0 bridgehead atoms. The Morgan fingerprint density at radius 3 is 2.67 bits per heavy atom. The van der Waals surface area contributed by atoms with Crippen LogP contribution in [0.15, 0.2) is 10.5 Å². The average molecular weight is 218 g/mol. The molecule has 1 heterocycles. The van der Waals surface area contributed by atoms with Crippen LogP contribution in [0.1, 0.15) is 28.3 Å². The maximum absolute atomic E-state index is 12.4. The molecule has 5 heteroatoms. The standard InChI is InChI=1S/C10H9F3O2/c1-5-2-7-8(14)3-6(10(11,12)13)4-9(7)15-5/h2,6H,3-4H2,1H3/t6-/m1/s1. The largest absolute Gasteiger partial charge is 0.466 e. The van der Waals surface area contributed by atoms with E-state index in [1.807, 2.05) is 0 Å². The quantitative estimate of drug-likeness (QED) is 0.670. The molecule has 0 radical (unpaired) electrons. The van der Waals surface area contributed by atoms with Crippen LogP contribution in [0.5, 0.6) is 0 Å². The molecule has 1 aliphatic carbocycles. The topological polar surface area (TPSA) is 30.2 Å². The summed E-state index contributed by atoms with van der Waals surface area (Å²) >= 11 is 0. The van der Waals surface area contributed by atoms with Crippen molar-refractivity contribution in [3.8, 4) is 0 Å². The number of ketones is 1. The van der Waals surface area contributed by atoms with E-state index in [9.17, 15) is 18.0 Å². The zero-order chi connectivity index (χ0) is 11.2. The van der Waals surface area contributed by atoms with Crippen LogP contribution in [0.25, 0.3) is 0 Å². The summed E-state index contributed by atoms with van der Waals surface area (Å²) in [5.41, 5.74) is 0.313. The maximum Gasteiger partial charge on any atom is 0.392 e. The Balaban J connectivity index is 2.34. The predicted octanol–water partition coefficient (Wildman–Crippen LogP) is 2.90. The summed E-state index contributed by atoms with van der Waals surface area (Å²) in [6.45, 7) is 1.62. The minimum absolute atomic E-state index is 0.172. The highest BCUT2D eigenvalue weighted by atomic mass is 19.4. The first-order valence-electron chi connectivity index (χ1n) is 4.57. The van der Waals surface area contributed by atoms with Crippen molar-refractivity contribution in [1.82, 2.24) is 0 Å². The number of hydrogen-bond acceptors (Lipinski definition) is 2. The monoisotopic (exact) mass is 218 g/mol. The summed E-state index contributed by atoms with van der Waals surface area (Å²) < 4.78 is 42.3. The Hall–Kier alpha value is -1.26. The third kappa shape index (κ3) is 1.78. The highest BCUT2D eigenvalue weighted by Crippen LogP contribution is 2.37. The van der Waals surface area contributed by atoms with Gasteiger partial charge in [0.25, 0.3) is 0 Å². The lowest BCUT2D eigenvalue weighted by molar-refractivity contribution is -0.174. The van der Waals surface area contributed by atoms with E-state index in [1.54, 1.807) is 6.92 Å². The number of furan rings is 1. The van der Waals surface area contributed by atoms with Crippen molar-refractivity contribution in [3.05, 3.63) is 23.2 Å². The van der Waals surface area contributed by atoms with E-state index < -0.39 is 24.3 Å². The Labute approximate surface area is 84.1 Å². The molecule has 0 fully saturated rings. The number of carbonyl (C=O) groups is 1. The molecular weight excluding hydrogens is 209 g/mol. The molecule has 1 aromatic heterocycles. The first-order valence-corrected chi connectivity index (χ1v) is 4.57. The SMILES string of the molecule is Cc1cc2c(o1)C[C@H](C(F)(F)F)CC2=O. The fourth-order valence-corrected chi connectivity index (χ4v) is 1.81. The van der Waals surface area contributed by atoms with Crippen molar-refractivity contribution >= 4 is 5.78 Å². The average Bonchev–Trinajstić information content (AvgIpc) is 2.44. The molecule has 2 rings (SSSR count). The lowest BCUT2D eigenvalue weighted by atomic mass is 9.87. The van der Waals surface area contributed by atoms with Crippen molar-refractivity contribution in [3.63, 3.8) is 0 Å². The van der Waals surface area contributed by atoms with Crippen LogP contribution in [0.2, 0.25) is 0 Å². The number of halogens is 3. The van der Waals surface area contributed by atoms with Crippen LogP contribution < -0.4 is 0 Å². The summed E-state index contributed by atoms with van der Waals surface area (Å²) in [4.78, 5) is 11.4. The lowest BCUT2D eigenvalue weighted by Gasteiger charge is -2.22. The third-order valence-corrected chi connectivity index (χ3v) is 2.56. The third-order valence-electron chi connectivity index (χ3n) is 2.56. The Morgan fingerprint density at radius 2 is 2.07 bits per heavy atom. The van der Waals surface area contributed by atoms with Crippen LogP contribution in [0, 0.1) is 12.8 Å². The summed E-state index contributed by atoms with van der Waals surface area (Å²) in [6, 6.07) is 1.50. The second-order valence-corrected chi connectivity index (χ2v) is 3.76. The molecule has 1 atom stereocenters. The molecule has 0 N–H and O–H groups in total. The minimum atomic E-state index is -4.33. The first-order chi connectivity index (χ1) is 6.88. The van der Waals surface area contributed by atoms with Crippen molar-refractivity contribution in [2.24, 2.45) is 5.92 Å². The second-order valence-electron chi connectivity index (χ2n) is 3.76. The van der Waals surface area contributed by atoms with Gasteiger partial charge in [-0.2, -0.15) is 13.2 Å². The number of carbonyl (C=O) groups excluding carboxylic acids is 1. The van der Waals surface area contributed by atoms with Gasteiger partial charge in [-0.15, -0.1) is 0 Å². The molecule has 0 saturated heterocycles. The Bertz CT molecular complexity index is 403. The summed E-state index contributed by atoms with van der Waals surface area (Å²) in [6.07, 6.45) is -5.01. The Morgan fingerprint density at radius 1 is 1.40 bits per heavy atom. The highest BCUT2D eigenvalue weighted by Gasteiger charge is 2.44. The molecule has 2 nitrogen and oxygen atoms in total. The molecule has 0 aliphatic heterocycles. The molecule has 0 amide bonds. The molecule has 0 aromatic carbocycles. The molecule has 0 unspecified atom stereocenters. The molecule has 1 aromatic rings. The molecular formula is C10H9F3O2. The van der Waals surface area contributed by atoms with Gasteiger partial charge in [0.2, 0.25) is 0 Å². The van der Waals surface area contributed by atoms with Gasteiger partial charge in [0.1, 0.15) is 11.5 Å². The van der Waals surface area contributed by atoms with Crippen LogP contribution in [-0.2, 0) is 6.42 Å². The van der Waals surface area contributed by atoms with Gasteiger partial charge in [-0.05, 0) is 13.0 Å². The van der Waals surface area contributed by atoms with Crippen LogP contribution in [-0.4, -0.2) is 12.0 Å². The molecule has 1 aliphatic rings. The van der Waals surface area contributed by atoms with Gasteiger partial charge >= 0.3 is 6.18 Å². The van der Waals surface area contributed by atoms with Crippen molar-refractivity contribution in [2.45, 2.75) is 25.9 Å². The highest BCUT2D eigenvalue weighted by molar-refractivity contribution is 5.98. The number of fused-ring (bicyclic) bond motifs is 1. The van der Waals surface area contributed by atoms with E-state index in [4.69, 9.17) is 4.42 Å². The molecule has 0 saturated carbocycles. The summed E-state index contributed by atoms with van der Waals surface area (Å²) in [7, 11) is 0. The summed E-state index contributed by atoms with van der Waals surface area (Å²) in [5.74, 6) is -1.42. The zero-order valence-corrected chi connectivity index (χ0v) is 8.02. The van der Waals surface area contributed by atoms with Crippen molar-refractivity contribution in [2.75, 3.05) is 0 Å². The number of rotatable bonds is 0. The van der Waals surface area contributed by atoms with E-state index in [-0.39, 0.29) is 12.2 Å². The normalized spacial score (nSPS) is 21.6. The van der Waals surface area contributed by atoms with Crippen molar-refractivity contribution in [1.29, 1.82) is 0 Å². The van der Waals surface area contributed by atoms with Gasteiger partial charge in [0.15, 0.2) is 5.78 Å². The Kier molecular flexibility index (Phi) is 2.13. The molecule has 82 valence electrons. The van der Waals surface area contributed by atoms with E-state index in [0.29, 0.717) is 11.3 Å². The first kappa shape index (κ1) is 10.3. The van der Waals surface area contributed by atoms with E-state index in [0.717, 1.165) is 0 Å². The van der Waals surface area contributed by atoms with Gasteiger partial charge in [-0.25, -0.2) is 0 Å². The van der Waals surface area contributed by atoms with Gasteiger partial charge in [0.05, 0.1) is 11.5 Å². The van der Waals surface area contributed by atoms with Gasteiger partial charge in [-0.1, -0.05) is 0 Å². The van der Waals surface area contributed by atoms with E-state index >= 15 is 0 Å². The lowest BCUT2D eigenvalue weighted by Crippen LogP contribution is -2.31. The van der Waals surface area contributed by atoms with Gasteiger partial charge in [-0.3, -0.25) is 4.79 Å². The molecule has 15 heavy (non-hydrogen) atoms. The van der Waals surface area contributed by atoms with Crippen LogP contribution >= 0.6 is 0 Å². The smallest absolute Gasteiger partial charge is 0.392 e. The van der Waals surface area contributed by atoms with Crippen LogP contribution in [0.4, 0.5) is 13.2 Å². The number of aryl methyl sites for hydroxylation is 1. The maximum atomic E-state index is 12.4. The zero-order valence-electron chi connectivity index (χ0n) is 8.02. The van der Waals surface area contributed by atoms with E-state index in [2.05, 4.69) is 0 Å². The van der Waals surface area contributed by atoms with Gasteiger partial charge in [0, 0.05) is 12.8 Å². The summed E-state index contributed by atoms with van der Waals surface area (Å²) in [5, 5.41) is 0. The number of hydrogen-bond donors (Lipinski definition) is 0. The van der Waals surface area contributed by atoms with Gasteiger partial charge < -0.3 is 4.42 Å². The predicted molar refractivity (Wildman–Crippen MR) is 45.6 cm³/mol. The molecule has 0 spiro atoms. The second kappa shape index (κ2) is 3.12. The fourth-order valence-electron chi connectivity index (χ4n) is 1.81. The minimum Gasteiger partial charge on any atom is -0.466 e. The fraction of sp³-hybridized carbons (Fsp3) is 0.500. The number of Topliss-reactive ketones (excluding diaryl/α,β-unsaturated/α-hetero) is 1. The number of alkyl halides is 3. The van der Waals surface area contributed by atoms with Crippen LogP contribution in [0.3, 0.4) is 0 Å².